The zero-order valence-electron chi connectivity index (χ0n) is 10.2. The quantitative estimate of drug-likeness (QED) is 0.909. The van der Waals surface area contributed by atoms with Crippen molar-refractivity contribution in [3.05, 3.63) is 33.8 Å². The van der Waals surface area contributed by atoms with Gasteiger partial charge < -0.3 is 5.32 Å². The minimum absolute atomic E-state index is 0.577. The molecule has 1 atom stereocenters. The van der Waals surface area contributed by atoms with E-state index in [4.69, 9.17) is 23.2 Å². The number of nitrogens with zero attached hydrogens (tertiary/aromatic N) is 1. The van der Waals surface area contributed by atoms with E-state index in [1.165, 1.54) is 0 Å². The lowest BCUT2D eigenvalue weighted by atomic mass is 10.1. The Bertz CT molecular complexity index is 449. The topological polar surface area (TPSA) is 24.4 Å². The highest BCUT2D eigenvalue weighted by Gasteiger charge is 2.17. The van der Waals surface area contributed by atoms with Crippen LogP contribution in [-0.2, 0) is 6.42 Å². The lowest BCUT2D eigenvalue weighted by Crippen LogP contribution is -2.25. The number of nitrogens with one attached hydrogen (secondary N) is 1. The highest BCUT2D eigenvalue weighted by Crippen LogP contribution is 2.21. The van der Waals surface area contributed by atoms with E-state index < -0.39 is 0 Å². The molecule has 1 heterocycles. The van der Waals surface area contributed by atoms with Crippen molar-refractivity contribution in [3.8, 4) is 0 Å². The van der Waals surface area contributed by atoms with Crippen LogP contribution in [0, 0.1) is 0 Å². The standard InChI is InChI=1S/C13H16Cl2N2S/c1-2-11-8-18-13(17-11)16-6-5-9-3-4-10(14)7-12(9)15/h3-4,7,11H,2,5-6,8H2,1H3,(H,16,17). The first-order valence-corrected chi connectivity index (χ1v) is 7.81. The fourth-order valence-electron chi connectivity index (χ4n) is 1.75. The first-order chi connectivity index (χ1) is 8.69. The number of benzene rings is 1. The molecule has 1 fully saturated rings. The monoisotopic (exact) mass is 302 g/mol. The number of aliphatic imine (C=N–C) groups is 1. The van der Waals surface area contributed by atoms with E-state index in [2.05, 4.69) is 17.2 Å². The molecular weight excluding hydrogens is 287 g/mol. The van der Waals surface area contributed by atoms with E-state index in [9.17, 15) is 0 Å². The van der Waals surface area contributed by atoms with Gasteiger partial charge in [-0.05, 0) is 30.5 Å². The van der Waals surface area contributed by atoms with Crippen molar-refractivity contribution >= 4 is 40.1 Å². The summed E-state index contributed by atoms with van der Waals surface area (Å²) in [4.78, 5) is 4.56. The van der Waals surface area contributed by atoms with Crippen molar-refractivity contribution in [2.24, 2.45) is 4.99 Å². The molecule has 1 aromatic carbocycles. The lowest BCUT2D eigenvalue weighted by molar-refractivity contribution is 0.667. The molecule has 1 aliphatic heterocycles. The van der Waals surface area contributed by atoms with Crippen molar-refractivity contribution in [2.45, 2.75) is 25.8 Å². The van der Waals surface area contributed by atoms with E-state index in [1.54, 1.807) is 17.8 Å². The van der Waals surface area contributed by atoms with Crippen LogP contribution in [0.2, 0.25) is 10.0 Å². The summed E-state index contributed by atoms with van der Waals surface area (Å²) in [6, 6.07) is 6.19. The summed E-state index contributed by atoms with van der Waals surface area (Å²) in [6.07, 6.45) is 1.99. The molecule has 2 rings (SSSR count). The summed E-state index contributed by atoms with van der Waals surface area (Å²) in [7, 11) is 0. The Hall–Kier alpha value is -0.380. The molecule has 5 heteroatoms. The van der Waals surface area contributed by atoms with Crippen molar-refractivity contribution in [3.63, 3.8) is 0 Å². The molecule has 1 aliphatic rings. The molecule has 0 spiro atoms. The molecular formula is C13H16Cl2N2S. The van der Waals surface area contributed by atoms with E-state index in [0.29, 0.717) is 11.1 Å². The minimum Gasteiger partial charge on any atom is -0.361 e. The zero-order valence-corrected chi connectivity index (χ0v) is 12.6. The van der Waals surface area contributed by atoms with Crippen LogP contribution < -0.4 is 5.32 Å². The van der Waals surface area contributed by atoms with Gasteiger partial charge in [-0.1, -0.05) is 48.0 Å². The first-order valence-electron chi connectivity index (χ1n) is 6.06. The zero-order chi connectivity index (χ0) is 13.0. The van der Waals surface area contributed by atoms with Gasteiger partial charge in [0.1, 0.15) is 0 Å². The Labute approximate surface area is 122 Å². The first kappa shape index (κ1) is 14.0. The maximum atomic E-state index is 6.12. The Morgan fingerprint density at radius 3 is 2.94 bits per heavy atom. The molecule has 1 saturated heterocycles. The molecule has 0 bridgehead atoms. The maximum absolute atomic E-state index is 6.12. The smallest absolute Gasteiger partial charge is 0.156 e. The molecule has 1 unspecified atom stereocenters. The van der Waals surface area contributed by atoms with Gasteiger partial charge in [0.2, 0.25) is 0 Å². The third kappa shape index (κ3) is 3.81. The van der Waals surface area contributed by atoms with Crippen LogP contribution in [0.15, 0.2) is 23.2 Å². The second kappa shape index (κ2) is 6.69. The Morgan fingerprint density at radius 1 is 1.44 bits per heavy atom. The number of thioether (sulfide) groups is 1. The van der Waals surface area contributed by atoms with Crippen LogP contribution in [0.5, 0.6) is 0 Å². The van der Waals surface area contributed by atoms with Gasteiger partial charge >= 0.3 is 0 Å². The van der Waals surface area contributed by atoms with E-state index in [1.807, 2.05) is 12.1 Å². The van der Waals surface area contributed by atoms with E-state index >= 15 is 0 Å². The van der Waals surface area contributed by atoms with Crippen LogP contribution in [-0.4, -0.2) is 23.5 Å². The second-order valence-corrected chi connectivity index (χ2v) is 6.09. The average molecular weight is 303 g/mol. The minimum atomic E-state index is 0.577. The fourth-order valence-corrected chi connectivity index (χ4v) is 3.36. The third-order valence-corrected chi connectivity index (χ3v) is 4.57. The Kier molecular flexibility index (Phi) is 5.22. The number of amidine groups is 1. The highest BCUT2D eigenvalue weighted by atomic mass is 35.5. The summed E-state index contributed by atoms with van der Waals surface area (Å²) >= 11 is 13.8. The van der Waals surface area contributed by atoms with Crippen molar-refractivity contribution < 1.29 is 0 Å². The van der Waals surface area contributed by atoms with Crippen LogP contribution >= 0.6 is 35.0 Å². The Balaban J connectivity index is 1.87. The lowest BCUT2D eigenvalue weighted by Gasteiger charge is -2.05. The third-order valence-electron chi connectivity index (χ3n) is 2.89. The predicted molar refractivity (Wildman–Crippen MR) is 82.1 cm³/mol. The van der Waals surface area contributed by atoms with Crippen LogP contribution in [0.1, 0.15) is 18.9 Å². The van der Waals surface area contributed by atoms with Crippen LogP contribution in [0.25, 0.3) is 0 Å². The molecule has 0 saturated carbocycles. The van der Waals surface area contributed by atoms with Gasteiger partial charge in [-0.2, -0.15) is 0 Å². The van der Waals surface area contributed by atoms with Gasteiger partial charge in [0.25, 0.3) is 0 Å². The normalized spacial score (nSPS) is 21.3. The summed E-state index contributed by atoms with van der Waals surface area (Å²) in [5, 5.41) is 5.87. The van der Waals surface area contributed by atoms with Crippen LogP contribution in [0.4, 0.5) is 0 Å². The van der Waals surface area contributed by atoms with Crippen molar-refractivity contribution in [1.29, 1.82) is 0 Å². The van der Waals surface area contributed by atoms with Gasteiger partial charge in [-0.15, -0.1) is 0 Å². The predicted octanol–water partition coefficient (Wildman–Crippen LogP) is 4.01. The SMILES string of the molecule is CCC1CSC(=NCCc2ccc(Cl)cc2Cl)N1. The maximum Gasteiger partial charge on any atom is 0.156 e. The molecule has 0 aliphatic carbocycles. The molecule has 18 heavy (non-hydrogen) atoms. The van der Waals surface area contributed by atoms with Gasteiger partial charge in [-0.3, -0.25) is 4.99 Å². The summed E-state index contributed by atoms with van der Waals surface area (Å²) < 4.78 is 0. The summed E-state index contributed by atoms with van der Waals surface area (Å²) in [5.41, 5.74) is 1.10. The number of halogens is 2. The largest absolute Gasteiger partial charge is 0.361 e. The highest BCUT2D eigenvalue weighted by molar-refractivity contribution is 8.14. The van der Waals surface area contributed by atoms with Gasteiger partial charge in [0.05, 0.1) is 0 Å². The molecule has 0 aromatic heterocycles. The molecule has 0 amide bonds. The summed E-state index contributed by atoms with van der Waals surface area (Å²) in [6.45, 7) is 2.95. The van der Waals surface area contributed by atoms with Gasteiger partial charge in [-0.25, -0.2) is 0 Å². The van der Waals surface area contributed by atoms with E-state index in [-0.39, 0.29) is 0 Å². The van der Waals surface area contributed by atoms with Gasteiger partial charge in [0, 0.05) is 28.4 Å². The second-order valence-electron chi connectivity index (χ2n) is 4.23. The molecule has 98 valence electrons. The number of rotatable bonds is 4. The summed E-state index contributed by atoms with van der Waals surface area (Å²) in [5.74, 6) is 1.12. The molecule has 0 radical (unpaired) electrons. The molecule has 1 N–H and O–H groups in total. The Morgan fingerprint density at radius 2 is 2.28 bits per heavy atom. The fraction of sp³-hybridized carbons (Fsp3) is 0.462. The number of hydrogen-bond donors (Lipinski definition) is 1. The van der Waals surface area contributed by atoms with Crippen molar-refractivity contribution in [1.82, 2.24) is 5.32 Å². The van der Waals surface area contributed by atoms with Crippen LogP contribution in [0.3, 0.4) is 0 Å². The van der Waals surface area contributed by atoms with E-state index in [0.717, 1.165) is 40.9 Å². The number of hydrogen-bond acceptors (Lipinski definition) is 2. The average Bonchev–Trinajstić information content (AvgIpc) is 2.80. The molecule has 1 aromatic rings. The van der Waals surface area contributed by atoms with Gasteiger partial charge in [0.15, 0.2) is 5.17 Å². The van der Waals surface area contributed by atoms with Crippen molar-refractivity contribution in [2.75, 3.05) is 12.3 Å². The molecule has 2 nitrogen and oxygen atoms in total.